The SMILES string of the molecule is C=CC(SC(C=C)C(C(=O)O)c1cccc2ccccc12)C(C(=O)O)c1cccc2ccccc12. The lowest BCUT2D eigenvalue weighted by Crippen LogP contribution is -2.29. The Kier molecular flexibility index (Phi) is 7.37. The number of carbonyl (C=O) groups is 2. The first-order chi connectivity index (χ1) is 17.0. The average Bonchev–Trinajstić information content (AvgIpc) is 2.87. The second-order valence-electron chi connectivity index (χ2n) is 8.31. The summed E-state index contributed by atoms with van der Waals surface area (Å²) in [4.78, 5) is 25.1. The molecule has 176 valence electrons. The van der Waals surface area contributed by atoms with Crippen molar-refractivity contribution in [3.05, 3.63) is 121 Å². The number of carboxylic acid groups (broad SMARTS) is 2. The highest BCUT2D eigenvalue weighted by Crippen LogP contribution is 2.41. The fourth-order valence-corrected chi connectivity index (χ4v) is 6.09. The summed E-state index contributed by atoms with van der Waals surface area (Å²) in [6.07, 6.45) is 3.20. The van der Waals surface area contributed by atoms with Crippen LogP contribution in [0.3, 0.4) is 0 Å². The van der Waals surface area contributed by atoms with Gasteiger partial charge in [-0.15, -0.1) is 24.9 Å². The topological polar surface area (TPSA) is 74.6 Å². The Labute approximate surface area is 208 Å². The van der Waals surface area contributed by atoms with Crippen LogP contribution in [0.5, 0.6) is 0 Å². The first-order valence-electron chi connectivity index (χ1n) is 11.3. The third kappa shape index (κ3) is 4.86. The molecule has 0 fully saturated rings. The highest BCUT2D eigenvalue weighted by molar-refractivity contribution is 8.01. The number of thioether (sulfide) groups is 1. The summed E-state index contributed by atoms with van der Waals surface area (Å²) in [5.41, 5.74) is 1.35. The van der Waals surface area contributed by atoms with E-state index < -0.39 is 34.3 Å². The van der Waals surface area contributed by atoms with Crippen LogP contribution in [0.15, 0.2) is 110 Å². The smallest absolute Gasteiger partial charge is 0.312 e. The van der Waals surface area contributed by atoms with Gasteiger partial charge in [0, 0.05) is 10.5 Å². The summed E-state index contributed by atoms with van der Waals surface area (Å²) >= 11 is 1.27. The van der Waals surface area contributed by atoms with Gasteiger partial charge in [0.15, 0.2) is 0 Å². The van der Waals surface area contributed by atoms with E-state index >= 15 is 0 Å². The number of hydrogen-bond donors (Lipinski definition) is 2. The van der Waals surface area contributed by atoms with Crippen LogP contribution in [0, 0.1) is 0 Å². The van der Waals surface area contributed by atoms with Crippen LogP contribution in [-0.4, -0.2) is 32.7 Å². The van der Waals surface area contributed by atoms with E-state index in [1.807, 2.05) is 84.9 Å². The highest BCUT2D eigenvalue weighted by Gasteiger charge is 2.36. The maximum atomic E-state index is 12.6. The van der Waals surface area contributed by atoms with Gasteiger partial charge in [-0.05, 0) is 32.7 Å². The van der Waals surface area contributed by atoms with E-state index in [4.69, 9.17) is 0 Å². The van der Waals surface area contributed by atoms with E-state index in [0.29, 0.717) is 11.1 Å². The van der Waals surface area contributed by atoms with E-state index in [-0.39, 0.29) is 0 Å². The molecular formula is C30H26O4S. The molecule has 0 saturated heterocycles. The lowest BCUT2D eigenvalue weighted by molar-refractivity contribution is -0.139. The lowest BCUT2D eigenvalue weighted by Gasteiger charge is -2.29. The van der Waals surface area contributed by atoms with Crippen LogP contribution in [0.4, 0.5) is 0 Å². The third-order valence-electron chi connectivity index (χ3n) is 6.28. The molecule has 0 heterocycles. The molecule has 4 aromatic carbocycles. The number of fused-ring (bicyclic) bond motifs is 2. The van der Waals surface area contributed by atoms with Gasteiger partial charge in [-0.3, -0.25) is 9.59 Å². The van der Waals surface area contributed by atoms with Gasteiger partial charge in [0.2, 0.25) is 0 Å². The molecule has 0 aliphatic rings. The molecule has 4 rings (SSSR count). The van der Waals surface area contributed by atoms with E-state index in [1.54, 1.807) is 12.2 Å². The minimum Gasteiger partial charge on any atom is -0.481 e. The van der Waals surface area contributed by atoms with Crippen LogP contribution < -0.4 is 0 Å². The van der Waals surface area contributed by atoms with Crippen LogP contribution in [-0.2, 0) is 9.59 Å². The molecule has 2 N–H and O–H groups in total. The Bertz CT molecular complexity index is 1290. The van der Waals surface area contributed by atoms with Crippen molar-refractivity contribution in [2.24, 2.45) is 0 Å². The Balaban J connectivity index is 1.76. The predicted octanol–water partition coefficient (Wildman–Crippen LogP) is 6.87. The summed E-state index contributed by atoms with van der Waals surface area (Å²) in [6.45, 7) is 7.84. The summed E-state index contributed by atoms with van der Waals surface area (Å²) in [5.74, 6) is -3.79. The van der Waals surface area contributed by atoms with Crippen LogP contribution in [0.2, 0.25) is 0 Å². The van der Waals surface area contributed by atoms with Gasteiger partial charge < -0.3 is 10.2 Å². The maximum absolute atomic E-state index is 12.6. The fourth-order valence-electron chi connectivity index (χ4n) is 4.67. The van der Waals surface area contributed by atoms with Crippen LogP contribution in [0.25, 0.3) is 21.5 Å². The van der Waals surface area contributed by atoms with Crippen molar-refractivity contribution in [2.75, 3.05) is 0 Å². The van der Waals surface area contributed by atoms with Crippen molar-refractivity contribution in [1.82, 2.24) is 0 Å². The molecule has 0 saturated carbocycles. The first-order valence-corrected chi connectivity index (χ1v) is 12.2. The normalized spacial score (nSPS) is 14.6. The molecule has 0 bridgehead atoms. The average molecular weight is 483 g/mol. The maximum Gasteiger partial charge on any atom is 0.312 e. The minimum atomic E-state index is -0.987. The van der Waals surface area contributed by atoms with Crippen LogP contribution >= 0.6 is 11.8 Å². The van der Waals surface area contributed by atoms with Gasteiger partial charge in [0.25, 0.3) is 0 Å². The number of aliphatic carboxylic acids is 2. The molecule has 0 aromatic heterocycles. The number of benzene rings is 4. The third-order valence-corrected chi connectivity index (χ3v) is 7.84. The van der Waals surface area contributed by atoms with E-state index in [9.17, 15) is 19.8 Å². The molecule has 0 amide bonds. The Hall–Kier alpha value is -3.83. The highest BCUT2D eigenvalue weighted by atomic mass is 32.2. The Morgan fingerprint density at radius 2 is 1.00 bits per heavy atom. The minimum absolute atomic E-state index is 0.585. The molecule has 4 aromatic rings. The predicted molar refractivity (Wildman–Crippen MR) is 144 cm³/mol. The van der Waals surface area contributed by atoms with Crippen molar-refractivity contribution in [3.63, 3.8) is 0 Å². The largest absolute Gasteiger partial charge is 0.481 e. The molecule has 4 nitrogen and oxygen atoms in total. The van der Waals surface area contributed by atoms with Crippen LogP contribution in [0.1, 0.15) is 23.0 Å². The van der Waals surface area contributed by atoms with Gasteiger partial charge in [-0.25, -0.2) is 0 Å². The number of carboxylic acids is 2. The van der Waals surface area contributed by atoms with Crippen molar-refractivity contribution in [1.29, 1.82) is 0 Å². The second kappa shape index (κ2) is 10.6. The molecular weight excluding hydrogens is 456 g/mol. The van der Waals surface area contributed by atoms with E-state index in [2.05, 4.69) is 13.2 Å². The van der Waals surface area contributed by atoms with Crippen molar-refractivity contribution in [2.45, 2.75) is 22.3 Å². The zero-order chi connectivity index (χ0) is 24.9. The zero-order valence-corrected chi connectivity index (χ0v) is 19.9. The molecule has 0 aliphatic carbocycles. The Morgan fingerprint density at radius 1 is 0.629 bits per heavy atom. The quantitative estimate of drug-likeness (QED) is 0.241. The summed E-state index contributed by atoms with van der Waals surface area (Å²) in [5, 5.41) is 23.0. The molecule has 0 spiro atoms. The summed E-state index contributed by atoms with van der Waals surface area (Å²) in [6, 6.07) is 26.5. The first kappa shape index (κ1) is 24.3. The summed E-state index contributed by atoms with van der Waals surface area (Å²) < 4.78 is 0. The van der Waals surface area contributed by atoms with Gasteiger partial charge in [0.1, 0.15) is 0 Å². The van der Waals surface area contributed by atoms with E-state index in [1.165, 1.54) is 11.8 Å². The van der Waals surface area contributed by atoms with Gasteiger partial charge in [-0.1, -0.05) is 97.1 Å². The number of hydrogen-bond acceptors (Lipinski definition) is 3. The van der Waals surface area contributed by atoms with Gasteiger partial charge >= 0.3 is 11.9 Å². The monoisotopic (exact) mass is 482 g/mol. The standard InChI is InChI=1S/C30H26O4S/c1-3-25(27(29(31)32)23-17-9-13-19-11-5-7-15-21(19)23)35-26(4-2)28(30(33)34)24-18-10-14-20-12-6-8-16-22(20)24/h3-18,25-28H,1-2H2,(H,31,32)(H,33,34). The van der Waals surface area contributed by atoms with Gasteiger partial charge in [-0.2, -0.15) is 0 Å². The molecule has 5 heteroatoms. The van der Waals surface area contributed by atoms with Crippen molar-refractivity contribution < 1.29 is 19.8 Å². The van der Waals surface area contributed by atoms with Crippen molar-refractivity contribution >= 4 is 45.2 Å². The Morgan fingerprint density at radius 3 is 1.37 bits per heavy atom. The summed E-state index contributed by atoms with van der Waals surface area (Å²) in [7, 11) is 0. The molecule has 4 atom stereocenters. The molecule has 35 heavy (non-hydrogen) atoms. The van der Waals surface area contributed by atoms with Gasteiger partial charge in [0.05, 0.1) is 11.8 Å². The second-order valence-corrected chi connectivity index (χ2v) is 9.67. The van der Waals surface area contributed by atoms with Crippen molar-refractivity contribution in [3.8, 4) is 0 Å². The number of rotatable bonds is 10. The lowest BCUT2D eigenvalue weighted by atomic mass is 9.90. The molecule has 0 radical (unpaired) electrons. The molecule has 0 aliphatic heterocycles. The fraction of sp³-hybridized carbons (Fsp3) is 0.133. The zero-order valence-electron chi connectivity index (χ0n) is 19.1. The van der Waals surface area contributed by atoms with E-state index in [0.717, 1.165) is 21.5 Å². The molecule has 4 unspecified atom stereocenters.